The monoisotopic (exact) mass is 375 g/mol. The van der Waals surface area contributed by atoms with Crippen LogP contribution in [-0.2, 0) is 11.6 Å². The van der Waals surface area contributed by atoms with E-state index in [2.05, 4.69) is 39.5 Å². The molecule has 0 heterocycles. The Labute approximate surface area is 82.7 Å². The Bertz CT molecular complexity index is 55.8. The second-order valence-electron chi connectivity index (χ2n) is 2.39. The van der Waals surface area contributed by atoms with Gasteiger partial charge in [-0.25, -0.2) is 0 Å². The molecule has 57 valence electrons. The van der Waals surface area contributed by atoms with Gasteiger partial charge in [-0.15, -0.1) is 0 Å². The molecule has 0 aromatic heterocycles. The van der Waals surface area contributed by atoms with Gasteiger partial charge in [0.1, 0.15) is 0 Å². The second kappa shape index (κ2) is 7.01. The van der Waals surface area contributed by atoms with Crippen molar-refractivity contribution in [3.05, 3.63) is 0 Å². The van der Waals surface area contributed by atoms with E-state index >= 15 is 0 Å². The van der Waals surface area contributed by atoms with Crippen molar-refractivity contribution >= 4 is 47.8 Å². The van der Waals surface area contributed by atoms with Crippen LogP contribution in [-0.4, -0.2) is 13.1 Å². The third-order valence-electron chi connectivity index (χ3n) is 0. The average Bonchev–Trinajstić information content (AvgIpc) is 1.19. The van der Waals surface area contributed by atoms with Crippen molar-refractivity contribution in [2.24, 2.45) is 0 Å². The van der Waals surface area contributed by atoms with E-state index in [0.29, 0.717) is 0 Å². The summed E-state index contributed by atoms with van der Waals surface area (Å²) in [6.45, 7) is 5.65. The molecule has 9 heavy (non-hydrogen) atoms. The fourth-order valence-electron chi connectivity index (χ4n) is 0. The van der Waals surface area contributed by atoms with Crippen LogP contribution in [0.2, 0.25) is 19.6 Å². The van der Waals surface area contributed by atoms with Gasteiger partial charge >= 0.3 is 51.1 Å². The Morgan fingerprint density at radius 3 is 1.11 bits per heavy atom. The summed E-state index contributed by atoms with van der Waals surface area (Å²) in [7, 11) is -1.61. The molecular formula is C3H10Br3OSiTi. The van der Waals surface area contributed by atoms with Gasteiger partial charge in [0.05, 0.1) is 0 Å². The van der Waals surface area contributed by atoms with Gasteiger partial charge in [0.2, 0.25) is 0 Å². The molecule has 0 spiro atoms. The summed E-state index contributed by atoms with van der Waals surface area (Å²) in [5.74, 6) is 0. The van der Waals surface area contributed by atoms with Crippen molar-refractivity contribution in [3.63, 3.8) is 0 Å². The summed E-state index contributed by atoms with van der Waals surface area (Å²) in [6, 6.07) is 0. The first-order valence-electron chi connectivity index (χ1n) is 2.29. The normalized spacial score (nSPS) is 9.67. The van der Waals surface area contributed by atoms with Crippen LogP contribution in [0.1, 0.15) is 0 Å². The van der Waals surface area contributed by atoms with Crippen molar-refractivity contribution in [3.8, 4) is 0 Å². The molecule has 0 bridgehead atoms. The van der Waals surface area contributed by atoms with E-state index < -0.39 is 19.9 Å². The molecule has 6 heteroatoms. The minimum atomic E-state index is -1.61. The van der Waals surface area contributed by atoms with Gasteiger partial charge < -0.3 is 4.80 Å². The summed E-state index contributed by atoms with van der Waals surface area (Å²) >= 11 is 8.92. The molecule has 0 fully saturated rings. The Balaban J connectivity index is 0. The average molecular weight is 378 g/mol. The van der Waals surface area contributed by atoms with Crippen molar-refractivity contribution in [1.29, 1.82) is 0 Å². The fourth-order valence-corrected chi connectivity index (χ4v) is 0. The first kappa shape index (κ1) is 13.9. The standard InChI is InChI=1S/C3H10OSi.3BrH.Ti/c1-5(2,3)4;;;;/h4H,1-3H3;3*1H;/q;;;;+3/p-3. The van der Waals surface area contributed by atoms with E-state index in [1.807, 2.05) is 19.6 Å². The van der Waals surface area contributed by atoms with E-state index in [1.54, 1.807) is 0 Å². The maximum atomic E-state index is 8.66. The van der Waals surface area contributed by atoms with Crippen LogP contribution in [0, 0.1) is 0 Å². The van der Waals surface area contributed by atoms with Crippen LogP contribution in [0.4, 0.5) is 0 Å². The molecule has 0 aliphatic rings. The Morgan fingerprint density at radius 1 is 1.11 bits per heavy atom. The quantitative estimate of drug-likeness (QED) is 0.642. The zero-order chi connectivity index (χ0) is 8.08. The maximum absolute atomic E-state index is 8.66. The minimum absolute atomic E-state index is 0.896. The molecule has 0 aliphatic carbocycles. The molecule has 0 amide bonds. The topological polar surface area (TPSA) is 20.2 Å². The molecule has 0 aromatic carbocycles. The van der Waals surface area contributed by atoms with Crippen molar-refractivity contribution < 1.29 is 16.4 Å². The summed E-state index contributed by atoms with van der Waals surface area (Å²) in [6.07, 6.45) is 0. The van der Waals surface area contributed by atoms with E-state index in [0.717, 1.165) is 0 Å². The van der Waals surface area contributed by atoms with Gasteiger partial charge in [-0.2, -0.15) is 0 Å². The van der Waals surface area contributed by atoms with E-state index in [-0.39, 0.29) is 0 Å². The molecule has 0 radical (unpaired) electrons. The van der Waals surface area contributed by atoms with E-state index in [1.165, 1.54) is 0 Å². The molecule has 0 unspecified atom stereocenters. The Kier molecular flexibility index (Phi) is 10.8. The fraction of sp³-hybridized carbons (Fsp3) is 1.00. The first-order chi connectivity index (χ1) is 3.73. The second-order valence-corrected chi connectivity index (χ2v) is 30.4. The van der Waals surface area contributed by atoms with Gasteiger partial charge in [-0.1, -0.05) is 0 Å². The molecule has 0 atom stereocenters. The van der Waals surface area contributed by atoms with E-state index in [4.69, 9.17) is 4.80 Å². The van der Waals surface area contributed by atoms with Gasteiger partial charge in [-0.05, 0) is 19.6 Å². The van der Waals surface area contributed by atoms with E-state index in [9.17, 15) is 0 Å². The van der Waals surface area contributed by atoms with Gasteiger partial charge in [-0.3, -0.25) is 0 Å². The number of hydrogen-bond acceptors (Lipinski definition) is 1. The Hall–Kier alpha value is 2.33. The van der Waals surface area contributed by atoms with Crippen LogP contribution in [0.3, 0.4) is 0 Å². The van der Waals surface area contributed by atoms with Crippen LogP contribution >= 0.6 is 39.5 Å². The Morgan fingerprint density at radius 2 is 1.11 bits per heavy atom. The molecule has 1 nitrogen and oxygen atoms in total. The zero-order valence-corrected chi connectivity index (χ0v) is 12.9. The third kappa shape index (κ3) is 132. The molecule has 0 aliphatic heterocycles. The predicted octanol–water partition coefficient (Wildman–Crippen LogP) is 3.35. The molecule has 0 aromatic rings. The van der Waals surface area contributed by atoms with Crippen LogP contribution in [0.5, 0.6) is 0 Å². The SMILES string of the molecule is C[Si](C)(C)O.[Br][Ti]([Br])[Br]. The number of halogens is 3. The molecule has 0 saturated heterocycles. The summed E-state index contributed by atoms with van der Waals surface area (Å²) in [4.78, 5) is 8.66. The number of hydrogen-bond donors (Lipinski definition) is 1. The van der Waals surface area contributed by atoms with Crippen molar-refractivity contribution in [1.82, 2.24) is 0 Å². The number of rotatable bonds is 0. The van der Waals surface area contributed by atoms with Crippen molar-refractivity contribution in [2.75, 3.05) is 0 Å². The van der Waals surface area contributed by atoms with Gasteiger partial charge in [0.25, 0.3) is 0 Å². The third-order valence-corrected chi connectivity index (χ3v) is 0. The van der Waals surface area contributed by atoms with Gasteiger partial charge in [0.15, 0.2) is 8.32 Å². The van der Waals surface area contributed by atoms with Crippen LogP contribution in [0.15, 0.2) is 0 Å². The van der Waals surface area contributed by atoms with Crippen LogP contribution in [0.25, 0.3) is 0 Å². The predicted molar refractivity (Wildman–Crippen MR) is 52.3 cm³/mol. The molecule has 1 N–H and O–H groups in total. The van der Waals surface area contributed by atoms with Gasteiger partial charge in [0, 0.05) is 0 Å². The summed E-state index contributed by atoms with van der Waals surface area (Å²) in [5.41, 5.74) is 0. The first-order valence-corrected chi connectivity index (χ1v) is 17.3. The van der Waals surface area contributed by atoms with Crippen LogP contribution < -0.4 is 0 Å². The molecule has 0 rings (SSSR count). The molecular weight excluding hydrogens is 368 g/mol. The zero-order valence-electron chi connectivity index (χ0n) is 5.58. The summed E-state index contributed by atoms with van der Waals surface area (Å²) in [5, 5.41) is 0. The summed E-state index contributed by atoms with van der Waals surface area (Å²) < 4.78 is 0. The van der Waals surface area contributed by atoms with Crippen molar-refractivity contribution in [2.45, 2.75) is 19.6 Å². The molecule has 0 saturated carbocycles.